The predicted molar refractivity (Wildman–Crippen MR) is 59.4 cm³/mol. The first-order valence-corrected chi connectivity index (χ1v) is 5.23. The molecule has 0 bridgehead atoms. The topological polar surface area (TPSA) is 29.3 Å². The minimum Gasteiger partial charge on any atom is -0.443 e. The molecule has 0 aliphatic rings. The highest BCUT2D eigenvalue weighted by molar-refractivity contribution is 9.09. The molecule has 4 heteroatoms. The minimum atomic E-state index is 0.206. The summed E-state index contributed by atoms with van der Waals surface area (Å²) in [5, 5.41) is 0. The number of hydrogen-bond donors (Lipinski definition) is 0. The normalized spacial score (nSPS) is 13.7. The van der Waals surface area contributed by atoms with E-state index in [-0.39, 0.29) is 4.95 Å². The number of hydrogen-bond acceptors (Lipinski definition) is 3. The Kier molecular flexibility index (Phi) is 2.56. The monoisotopic (exact) mass is 254 g/mol. The Labute approximate surface area is 90.8 Å². The summed E-state index contributed by atoms with van der Waals surface area (Å²) in [6.07, 6.45) is 1.47. The average Bonchev–Trinajstić information content (AvgIpc) is 2.62. The van der Waals surface area contributed by atoms with Gasteiger partial charge >= 0.3 is 0 Å². The SMILES string of the molecule is CN(C)C(Br)c1ccc2ncoc2c1. The third kappa shape index (κ3) is 1.67. The molecule has 2 rings (SSSR count). The second kappa shape index (κ2) is 3.71. The van der Waals surface area contributed by atoms with Crippen molar-refractivity contribution in [3.05, 3.63) is 30.2 Å². The summed E-state index contributed by atoms with van der Waals surface area (Å²) in [6, 6.07) is 6.01. The molecule has 1 aromatic heterocycles. The van der Waals surface area contributed by atoms with E-state index in [9.17, 15) is 0 Å². The summed E-state index contributed by atoms with van der Waals surface area (Å²) in [5.41, 5.74) is 2.89. The lowest BCUT2D eigenvalue weighted by Gasteiger charge is -2.17. The van der Waals surface area contributed by atoms with E-state index in [1.165, 1.54) is 12.0 Å². The van der Waals surface area contributed by atoms with Crippen LogP contribution in [0.25, 0.3) is 11.1 Å². The lowest BCUT2D eigenvalue weighted by molar-refractivity contribution is 0.398. The summed E-state index contributed by atoms with van der Waals surface area (Å²) in [4.78, 5) is 6.35. The van der Waals surface area contributed by atoms with Crippen molar-refractivity contribution < 1.29 is 4.42 Å². The maximum absolute atomic E-state index is 5.24. The second-order valence-electron chi connectivity index (χ2n) is 3.38. The van der Waals surface area contributed by atoms with Crippen molar-refractivity contribution in [2.45, 2.75) is 4.95 Å². The van der Waals surface area contributed by atoms with Gasteiger partial charge in [-0.3, -0.25) is 4.90 Å². The molecule has 1 aromatic carbocycles. The van der Waals surface area contributed by atoms with Gasteiger partial charge < -0.3 is 4.42 Å². The van der Waals surface area contributed by atoms with Gasteiger partial charge in [-0.15, -0.1) is 0 Å². The molecule has 0 radical (unpaired) electrons. The van der Waals surface area contributed by atoms with Crippen LogP contribution >= 0.6 is 15.9 Å². The van der Waals surface area contributed by atoms with Crippen molar-refractivity contribution in [2.24, 2.45) is 0 Å². The molecule has 0 aliphatic carbocycles. The molecular formula is C10H11BrN2O. The van der Waals surface area contributed by atoms with Gasteiger partial charge in [0.15, 0.2) is 12.0 Å². The zero-order chi connectivity index (χ0) is 10.1. The molecule has 3 nitrogen and oxygen atoms in total. The molecule has 1 atom stereocenters. The molecule has 0 N–H and O–H groups in total. The Morgan fingerprint density at radius 1 is 1.43 bits per heavy atom. The Balaban J connectivity index is 2.43. The van der Waals surface area contributed by atoms with E-state index in [0.29, 0.717) is 0 Å². The van der Waals surface area contributed by atoms with E-state index in [2.05, 4.69) is 25.8 Å². The van der Waals surface area contributed by atoms with Crippen molar-refractivity contribution in [3.8, 4) is 0 Å². The molecule has 0 saturated carbocycles. The minimum absolute atomic E-state index is 0.206. The van der Waals surface area contributed by atoms with Crippen LogP contribution in [-0.2, 0) is 0 Å². The van der Waals surface area contributed by atoms with Crippen LogP contribution in [0.5, 0.6) is 0 Å². The zero-order valence-corrected chi connectivity index (χ0v) is 9.65. The Morgan fingerprint density at radius 2 is 2.21 bits per heavy atom. The number of aromatic nitrogens is 1. The van der Waals surface area contributed by atoms with Crippen LogP contribution in [0.2, 0.25) is 0 Å². The van der Waals surface area contributed by atoms with Gasteiger partial charge in [0.1, 0.15) is 5.52 Å². The molecule has 1 heterocycles. The van der Waals surface area contributed by atoms with E-state index in [1.807, 2.05) is 32.3 Å². The maximum Gasteiger partial charge on any atom is 0.181 e. The molecule has 74 valence electrons. The highest BCUT2D eigenvalue weighted by Gasteiger charge is 2.10. The molecule has 2 aromatic rings. The van der Waals surface area contributed by atoms with Crippen molar-refractivity contribution in [3.63, 3.8) is 0 Å². The van der Waals surface area contributed by atoms with Crippen LogP contribution < -0.4 is 0 Å². The highest BCUT2D eigenvalue weighted by Crippen LogP contribution is 2.27. The number of fused-ring (bicyclic) bond motifs is 1. The number of rotatable bonds is 2. The van der Waals surface area contributed by atoms with Crippen LogP contribution in [0.3, 0.4) is 0 Å². The van der Waals surface area contributed by atoms with Crippen LogP contribution in [0.4, 0.5) is 0 Å². The third-order valence-corrected chi connectivity index (χ3v) is 3.43. The first kappa shape index (κ1) is 9.68. The largest absolute Gasteiger partial charge is 0.443 e. The Bertz CT molecular complexity index is 438. The van der Waals surface area contributed by atoms with E-state index < -0.39 is 0 Å². The molecule has 1 unspecified atom stereocenters. The van der Waals surface area contributed by atoms with E-state index in [4.69, 9.17) is 4.42 Å². The summed E-state index contributed by atoms with van der Waals surface area (Å²) in [7, 11) is 4.04. The molecule has 0 spiro atoms. The molecule has 0 fully saturated rings. The average molecular weight is 255 g/mol. The Hall–Kier alpha value is -0.870. The summed E-state index contributed by atoms with van der Waals surface area (Å²) >= 11 is 3.59. The van der Waals surface area contributed by atoms with Gasteiger partial charge in [-0.05, 0) is 31.8 Å². The van der Waals surface area contributed by atoms with Gasteiger partial charge in [-0.1, -0.05) is 22.0 Å². The van der Waals surface area contributed by atoms with Gasteiger partial charge in [0.05, 0.1) is 4.95 Å². The lowest BCUT2D eigenvalue weighted by Crippen LogP contribution is -2.13. The maximum atomic E-state index is 5.24. The summed E-state index contributed by atoms with van der Waals surface area (Å²) < 4.78 is 5.24. The van der Waals surface area contributed by atoms with Crippen molar-refractivity contribution in [1.29, 1.82) is 0 Å². The number of alkyl halides is 1. The standard InChI is InChI=1S/C10H11BrN2O/c1-13(2)10(11)7-3-4-8-9(5-7)14-6-12-8/h3-6,10H,1-2H3. The molecular weight excluding hydrogens is 244 g/mol. The summed E-state index contributed by atoms with van der Waals surface area (Å²) in [6.45, 7) is 0. The molecule has 0 saturated heterocycles. The van der Waals surface area contributed by atoms with Crippen molar-refractivity contribution in [2.75, 3.05) is 14.1 Å². The number of oxazole rings is 1. The van der Waals surface area contributed by atoms with Crippen molar-refractivity contribution in [1.82, 2.24) is 9.88 Å². The first-order valence-electron chi connectivity index (χ1n) is 4.32. The second-order valence-corrected chi connectivity index (χ2v) is 4.25. The van der Waals surface area contributed by atoms with Gasteiger partial charge in [-0.25, -0.2) is 4.98 Å². The lowest BCUT2D eigenvalue weighted by atomic mass is 10.2. The van der Waals surface area contributed by atoms with Crippen LogP contribution in [0.15, 0.2) is 29.0 Å². The van der Waals surface area contributed by atoms with Crippen LogP contribution in [0, 0.1) is 0 Å². The smallest absolute Gasteiger partial charge is 0.181 e. The fraction of sp³-hybridized carbons (Fsp3) is 0.300. The van der Waals surface area contributed by atoms with Gasteiger partial charge in [0.2, 0.25) is 0 Å². The van der Waals surface area contributed by atoms with Gasteiger partial charge in [0.25, 0.3) is 0 Å². The molecule has 14 heavy (non-hydrogen) atoms. The van der Waals surface area contributed by atoms with Crippen LogP contribution in [-0.4, -0.2) is 24.0 Å². The van der Waals surface area contributed by atoms with Crippen LogP contribution in [0.1, 0.15) is 10.5 Å². The van der Waals surface area contributed by atoms with E-state index >= 15 is 0 Å². The third-order valence-electron chi connectivity index (χ3n) is 2.08. The number of benzene rings is 1. The fourth-order valence-corrected chi connectivity index (χ4v) is 1.60. The van der Waals surface area contributed by atoms with Crippen molar-refractivity contribution >= 4 is 27.0 Å². The fourth-order valence-electron chi connectivity index (χ4n) is 1.32. The van der Waals surface area contributed by atoms with Gasteiger partial charge in [0, 0.05) is 0 Å². The molecule has 0 aliphatic heterocycles. The zero-order valence-electron chi connectivity index (χ0n) is 8.07. The predicted octanol–water partition coefficient (Wildman–Crippen LogP) is 2.78. The highest BCUT2D eigenvalue weighted by atomic mass is 79.9. The Morgan fingerprint density at radius 3 is 2.93 bits per heavy atom. The number of halogens is 1. The quantitative estimate of drug-likeness (QED) is 0.610. The molecule has 0 amide bonds. The van der Waals surface area contributed by atoms with E-state index in [1.54, 1.807) is 0 Å². The number of nitrogens with zero attached hydrogens (tertiary/aromatic N) is 2. The van der Waals surface area contributed by atoms with Gasteiger partial charge in [-0.2, -0.15) is 0 Å². The van der Waals surface area contributed by atoms with E-state index in [0.717, 1.165) is 11.1 Å². The summed E-state index contributed by atoms with van der Waals surface area (Å²) in [5.74, 6) is 0. The first-order chi connectivity index (χ1) is 6.68.